The molecule has 1 rings (SSSR count). The quantitative estimate of drug-likeness (QED) is 0.312. The molecule has 1 aromatic rings. The molecule has 0 fully saturated rings. The average Bonchev–Trinajstić information content (AvgIpc) is 2.04. The number of aromatic hydroxyl groups is 1. The van der Waals surface area contributed by atoms with Crippen molar-refractivity contribution in [3.63, 3.8) is 0 Å². The van der Waals surface area contributed by atoms with Gasteiger partial charge < -0.3 is 14.9 Å². The van der Waals surface area contributed by atoms with Crippen LogP contribution in [0.4, 0.5) is 0 Å². The number of carbonyl (C=O) groups excluding carboxylic acids is 1. The van der Waals surface area contributed by atoms with E-state index in [0.29, 0.717) is 0 Å². The first-order chi connectivity index (χ1) is 6.09. The summed E-state index contributed by atoms with van der Waals surface area (Å²) in [5.41, 5.74) is 0. The number of phenols is 1. The van der Waals surface area contributed by atoms with E-state index in [0.717, 1.165) is 0 Å². The number of benzene rings is 1. The van der Waals surface area contributed by atoms with E-state index in [1.54, 1.807) is 0 Å². The second-order valence-electron chi connectivity index (χ2n) is 2.33. The molecule has 0 heterocycles. The van der Waals surface area contributed by atoms with E-state index in [1.165, 1.54) is 24.3 Å². The maximum atomic E-state index is 10.8. The van der Waals surface area contributed by atoms with Gasteiger partial charge in [0.15, 0.2) is 5.76 Å². The molecule has 1 aromatic carbocycles. The molecule has 0 saturated heterocycles. The van der Waals surface area contributed by atoms with E-state index in [9.17, 15) is 4.79 Å². The van der Waals surface area contributed by atoms with Crippen molar-refractivity contribution in [1.29, 1.82) is 0 Å². The number of ether oxygens (including phenoxy) is 1. The van der Waals surface area contributed by atoms with Gasteiger partial charge in [-0.2, -0.15) is 0 Å². The lowest BCUT2D eigenvalue weighted by Crippen LogP contribution is -2.09. The van der Waals surface area contributed by atoms with Crippen LogP contribution in [0.25, 0.3) is 0 Å². The Kier molecular flexibility index (Phi) is 2.54. The van der Waals surface area contributed by atoms with Gasteiger partial charge in [-0.1, -0.05) is 6.07 Å². The van der Waals surface area contributed by atoms with Crippen molar-refractivity contribution >= 4 is 5.97 Å². The fourth-order valence-corrected chi connectivity index (χ4v) is 0.713. The summed E-state index contributed by atoms with van der Waals surface area (Å²) in [5.74, 6) is -1.48. The summed E-state index contributed by atoms with van der Waals surface area (Å²) in [6, 6.07) is 5.67. The van der Waals surface area contributed by atoms with Crippen molar-refractivity contribution in [3.05, 3.63) is 36.6 Å². The molecule has 0 aliphatic heterocycles. The van der Waals surface area contributed by atoms with Gasteiger partial charge >= 0.3 is 5.97 Å². The highest BCUT2D eigenvalue weighted by Crippen LogP contribution is 2.18. The zero-order chi connectivity index (χ0) is 9.84. The Hall–Kier alpha value is -1.97. The van der Waals surface area contributed by atoms with Gasteiger partial charge in [0.25, 0.3) is 0 Å². The average molecular weight is 180 g/mol. The number of esters is 1. The van der Waals surface area contributed by atoms with Gasteiger partial charge in [-0.15, -0.1) is 0 Å². The van der Waals surface area contributed by atoms with Gasteiger partial charge in [-0.3, -0.25) is 0 Å². The number of rotatable bonds is 2. The van der Waals surface area contributed by atoms with Crippen LogP contribution in [0, 0.1) is 0 Å². The van der Waals surface area contributed by atoms with E-state index in [2.05, 4.69) is 11.3 Å². The molecule has 13 heavy (non-hydrogen) atoms. The molecule has 68 valence electrons. The van der Waals surface area contributed by atoms with Crippen LogP contribution in [0.2, 0.25) is 0 Å². The molecular weight excluding hydrogens is 172 g/mol. The fourth-order valence-electron chi connectivity index (χ4n) is 0.713. The Morgan fingerprint density at radius 2 is 2.15 bits per heavy atom. The van der Waals surface area contributed by atoms with Gasteiger partial charge in [0.05, 0.1) is 0 Å². The predicted molar refractivity (Wildman–Crippen MR) is 45.5 cm³/mol. The van der Waals surface area contributed by atoms with Gasteiger partial charge in [-0.25, -0.2) is 4.79 Å². The van der Waals surface area contributed by atoms with Crippen molar-refractivity contribution in [1.82, 2.24) is 0 Å². The minimum Gasteiger partial charge on any atom is -0.508 e. The van der Waals surface area contributed by atoms with Crippen LogP contribution < -0.4 is 4.74 Å². The van der Waals surface area contributed by atoms with Gasteiger partial charge in [-0.05, 0) is 18.7 Å². The van der Waals surface area contributed by atoms with Crippen LogP contribution in [-0.2, 0) is 4.79 Å². The van der Waals surface area contributed by atoms with Crippen molar-refractivity contribution in [2.24, 2.45) is 0 Å². The molecule has 0 bridgehead atoms. The molecule has 0 unspecified atom stereocenters. The molecule has 0 atom stereocenters. The molecule has 0 aliphatic carbocycles. The summed E-state index contributed by atoms with van der Waals surface area (Å²) in [6.45, 7) is 2.99. The SMILES string of the molecule is C=C(O)C(=O)Oc1cccc(O)c1. The second-order valence-corrected chi connectivity index (χ2v) is 2.33. The smallest absolute Gasteiger partial charge is 0.378 e. The molecule has 4 heteroatoms. The molecule has 0 aliphatic rings. The van der Waals surface area contributed by atoms with Crippen LogP contribution in [0.5, 0.6) is 11.5 Å². The zero-order valence-electron chi connectivity index (χ0n) is 6.73. The Balaban J connectivity index is 2.75. The highest BCUT2D eigenvalue weighted by atomic mass is 16.5. The van der Waals surface area contributed by atoms with Crippen molar-refractivity contribution in [2.75, 3.05) is 0 Å². The van der Waals surface area contributed by atoms with Gasteiger partial charge in [0.2, 0.25) is 0 Å². The maximum Gasteiger partial charge on any atom is 0.378 e. The standard InChI is InChI=1S/C9H8O4/c1-6(10)9(12)13-8-4-2-3-7(11)5-8/h2-5,10-11H,1H2. The van der Waals surface area contributed by atoms with E-state index in [4.69, 9.17) is 10.2 Å². The van der Waals surface area contributed by atoms with E-state index < -0.39 is 11.7 Å². The highest BCUT2D eigenvalue weighted by Gasteiger charge is 2.07. The first kappa shape index (κ1) is 9.12. The lowest BCUT2D eigenvalue weighted by molar-refractivity contribution is -0.132. The first-order valence-corrected chi connectivity index (χ1v) is 3.48. The molecule has 0 spiro atoms. The van der Waals surface area contributed by atoms with E-state index in [1.807, 2.05) is 0 Å². The third kappa shape index (κ3) is 2.52. The molecule has 2 N–H and O–H groups in total. The normalized spacial score (nSPS) is 9.23. The fraction of sp³-hybridized carbons (Fsp3) is 0. The monoisotopic (exact) mass is 180 g/mol. The summed E-state index contributed by atoms with van der Waals surface area (Å²) in [6.07, 6.45) is 0. The molecule has 4 nitrogen and oxygen atoms in total. The zero-order valence-corrected chi connectivity index (χ0v) is 6.73. The van der Waals surface area contributed by atoms with Crippen molar-refractivity contribution in [2.45, 2.75) is 0 Å². The summed E-state index contributed by atoms with van der Waals surface area (Å²) in [5, 5.41) is 17.6. The second kappa shape index (κ2) is 3.62. The van der Waals surface area contributed by atoms with E-state index >= 15 is 0 Å². The molecule has 0 saturated carbocycles. The van der Waals surface area contributed by atoms with Crippen LogP contribution in [0.15, 0.2) is 36.6 Å². The number of aliphatic hydroxyl groups excluding tert-OH is 1. The Morgan fingerprint density at radius 1 is 1.46 bits per heavy atom. The van der Waals surface area contributed by atoms with Gasteiger partial charge in [0.1, 0.15) is 11.5 Å². The number of aliphatic hydroxyl groups is 1. The minimum absolute atomic E-state index is 0.0196. The number of carbonyl (C=O) groups is 1. The summed E-state index contributed by atoms with van der Waals surface area (Å²) < 4.78 is 4.61. The first-order valence-electron chi connectivity index (χ1n) is 3.48. The van der Waals surface area contributed by atoms with Gasteiger partial charge in [0, 0.05) is 6.07 Å². The number of phenolic OH excluding ortho intramolecular Hbond substituents is 1. The Labute approximate surface area is 74.7 Å². The van der Waals surface area contributed by atoms with Crippen LogP contribution in [0.3, 0.4) is 0 Å². The molecule has 0 amide bonds. The number of hydrogen-bond donors (Lipinski definition) is 2. The Bertz CT molecular complexity index is 343. The lowest BCUT2D eigenvalue weighted by Gasteiger charge is -2.02. The minimum atomic E-state index is -0.939. The number of hydrogen-bond acceptors (Lipinski definition) is 4. The largest absolute Gasteiger partial charge is 0.508 e. The molecule has 0 radical (unpaired) electrons. The van der Waals surface area contributed by atoms with Crippen molar-refractivity contribution < 1.29 is 19.7 Å². The lowest BCUT2D eigenvalue weighted by atomic mass is 10.3. The Morgan fingerprint density at radius 3 is 2.69 bits per heavy atom. The van der Waals surface area contributed by atoms with E-state index in [-0.39, 0.29) is 11.5 Å². The van der Waals surface area contributed by atoms with Crippen LogP contribution >= 0.6 is 0 Å². The topological polar surface area (TPSA) is 66.8 Å². The molecular formula is C9H8O4. The summed E-state index contributed by atoms with van der Waals surface area (Å²) >= 11 is 0. The van der Waals surface area contributed by atoms with Crippen LogP contribution in [0.1, 0.15) is 0 Å². The molecule has 0 aromatic heterocycles. The summed E-state index contributed by atoms with van der Waals surface area (Å²) in [7, 11) is 0. The third-order valence-corrected chi connectivity index (χ3v) is 1.26. The third-order valence-electron chi connectivity index (χ3n) is 1.26. The maximum absolute atomic E-state index is 10.8. The van der Waals surface area contributed by atoms with Crippen molar-refractivity contribution in [3.8, 4) is 11.5 Å². The van der Waals surface area contributed by atoms with Crippen LogP contribution in [-0.4, -0.2) is 16.2 Å². The highest BCUT2D eigenvalue weighted by molar-refractivity contribution is 5.86. The predicted octanol–water partition coefficient (Wildman–Crippen LogP) is 1.37. The summed E-state index contributed by atoms with van der Waals surface area (Å²) in [4.78, 5) is 10.8.